The van der Waals surface area contributed by atoms with Gasteiger partial charge in [0.25, 0.3) is 5.91 Å². The van der Waals surface area contributed by atoms with Crippen LogP contribution in [-0.4, -0.2) is 32.0 Å². The van der Waals surface area contributed by atoms with E-state index >= 15 is 0 Å². The normalized spacial score (nSPS) is 12.5. The van der Waals surface area contributed by atoms with Crippen LogP contribution in [0.15, 0.2) is 66.7 Å². The Morgan fingerprint density at radius 1 is 1.04 bits per heavy atom. The Hall–Kier alpha value is -5.15. The van der Waals surface area contributed by atoms with Crippen LogP contribution in [0.4, 0.5) is 33.3 Å². The van der Waals surface area contributed by atoms with Crippen LogP contribution in [-0.2, 0) is 12.7 Å². The number of alkyl halides is 3. The SMILES string of the molecule is COc1ccc(CN2CCOc3cc(NC(=O)c4cc(F)cc(C(F)(F)F)c4)c(C(=O)c4cc(F)ccc4Cl)c(C#N)c32)cc1. The summed E-state index contributed by atoms with van der Waals surface area (Å²) in [6.07, 6.45) is -4.95. The third-order valence-electron chi connectivity index (χ3n) is 6.98. The van der Waals surface area contributed by atoms with Crippen molar-refractivity contribution < 1.29 is 41.0 Å². The van der Waals surface area contributed by atoms with E-state index in [2.05, 4.69) is 5.32 Å². The van der Waals surface area contributed by atoms with E-state index in [0.717, 1.165) is 23.8 Å². The van der Waals surface area contributed by atoms with Gasteiger partial charge < -0.3 is 19.7 Å². The quantitative estimate of drug-likeness (QED) is 0.167. The number of ketones is 1. The number of nitrogens with zero attached hydrogens (tertiary/aromatic N) is 2. The lowest BCUT2D eigenvalue weighted by Gasteiger charge is -2.33. The van der Waals surface area contributed by atoms with Crippen molar-refractivity contribution in [2.75, 3.05) is 30.5 Å². The number of halogens is 6. The highest BCUT2D eigenvalue weighted by atomic mass is 35.5. The molecule has 1 aliphatic rings. The van der Waals surface area contributed by atoms with Crippen LogP contribution in [0.2, 0.25) is 5.02 Å². The molecular formula is C32H21ClF5N3O4. The molecule has 0 spiro atoms. The largest absolute Gasteiger partial charge is 0.497 e. The van der Waals surface area contributed by atoms with Crippen molar-refractivity contribution in [2.24, 2.45) is 0 Å². The number of benzene rings is 4. The summed E-state index contributed by atoms with van der Waals surface area (Å²) in [5.41, 5.74) is -2.47. The minimum atomic E-state index is -4.95. The van der Waals surface area contributed by atoms with Gasteiger partial charge in [0.2, 0.25) is 0 Å². The molecular weight excluding hydrogens is 621 g/mol. The van der Waals surface area contributed by atoms with Gasteiger partial charge in [-0.25, -0.2) is 8.78 Å². The van der Waals surface area contributed by atoms with E-state index in [-0.39, 0.29) is 59.0 Å². The fourth-order valence-corrected chi connectivity index (χ4v) is 5.09. The summed E-state index contributed by atoms with van der Waals surface area (Å²) in [4.78, 5) is 29.0. The molecule has 0 atom stereocenters. The molecule has 13 heteroatoms. The molecule has 4 aromatic rings. The predicted molar refractivity (Wildman–Crippen MR) is 155 cm³/mol. The van der Waals surface area contributed by atoms with E-state index in [9.17, 15) is 36.8 Å². The van der Waals surface area contributed by atoms with Gasteiger partial charge in [-0.1, -0.05) is 23.7 Å². The third kappa shape index (κ3) is 6.53. The zero-order valence-electron chi connectivity index (χ0n) is 23.3. The van der Waals surface area contributed by atoms with Crippen LogP contribution in [0.1, 0.15) is 43.0 Å². The number of rotatable bonds is 7. The first-order valence-electron chi connectivity index (χ1n) is 13.2. The Bertz CT molecular complexity index is 1860. The number of hydrogen-bond acceptors (Lipinski definition) is 6. The summed E-state index contributed by atoms with van der Waals surface area (Å²) < 4.78 is 79.3. The highest BCUT2D eigenvalue weighted by molar-refractivity contribution is 6.35. The maximum Gasteiger partial charge on any atom is 0.416 e. The number of amides is 1. The Morgan fingerprint density at radius 2 is 1.78 bits per heavy atom. The van der Waals surface area contributed by atoms with Crippen molar-refractivity contribution in [1.82, 2.24) is 0 Å². The standard InChI is InChI=1S/C32H21ClF5N3O4/c1-44-22-5-2-17(3-6-22)16-41-8-9-45-27-14-26(40-31(43)18-10-19(32(36,37)38)12-21(35)11-18)28(24(15-39)29(27)41)30(42)23-13-20(34)4-7-25(23)33/h2-7,10-14H,8-9,16H2,1H3,(H,40,43). The zero-order chi connectivity index (χ0) is 32.5. The lowest BCUT2D eigenvalue weighted by molar-refractivity contribution is -0.137. The van der Waals surface area contributed by atoms with E-state index in [1.807, 2.05) is 6.07 Å². The molecule has 0 saturated carbocycles. The summed E-state index contributed by atoms with van der Waals surface area (Å²) in [5.74, 6) is -3.60. The zero-order valence-corrected chi connectivity index (χ0v) is 24.0. The monoisotopic (exact) mass is 641 g/mol. The van der Waals surface area contributed by atoms with Crippen LogP contribution in [0.25, 0.3) is 0 Å². The molecule has 45 heavy (non-hydrogen) atoms. The molecule has 4 aromatic carbocycles. The maximum absolute atomic E-state index is 14.2. The van der Waals surface area contributed by atoms with Crippen molar-refractivity contribution in [1.29, 1.82) is 5.26 Å². The average molecular weight is 642 g/mol. The second kappa shape index (κ2) is 12.5. The number of carbonyl (C=O) groups is 2. The van der Waals surface area contributed by atoms with E-state index in [1.165, 1.54) is 13.2 Å². The molecule has 0 radical (unpaired) electrons. The van der Waals surface area contributed by atoms with Gasteiger partial charge in [-0.15, -0.1) is 0 Å². The lowest BCUT2D eigenvalue weighted by atomic mass is 9.93. The number of methoxy groups -OCH3 is 1. The van der Waals surface area contributed by atoms with Gasteiger partial charge in [0, 0.05) is 23.7 Å². The Balaban J connectivity index is 1.66. The number of nitrogens with one attached hydrogen (secondary N) is 1. The summed E-state index contributed by atoms with van der Waals surface area (Å²) in [6, 6.07) is 14.6. The molecule has 0 fully saturated rings. The van der Waals surface area contributed by atoms with Gasteiger partial charge in [-0.05, 0) is 54.1 Å². The van der Waals surface area contributed by atoms with E-state index in [4.69, 9.17) is 21.1 Å². The first-order chi connectivity index (χ1) is 21.4. The van der Waals surface area contributed by atoms with Crippen molar-refractivity contribution in [2.45, 2.75) is 12.7 Å². The summed E-state index contributed by atoms with van der Waals surface area (Å²) >= 11 is 6.22. The maximum atomic E-state index is 14.2. The number of anilines is 2. The van der Waals surface area contributed by atoms with Gasteiger partial charge >= 0.3 is 6.18 Å². The third-order valence-corrected chi connectivity index (χ3v) is 7.31. The number of carbonyl (C=O) groups excluding carboxylic acids is 2. The smallest absolute Gasteiger partial charge is 0.416 e. The molecule has 1 N–H and O–H groups in total. The summed E-state index contributed by atoms with van der Waals surface area (Å²) in [6.45, 7) is 0.694. The first kappa shape index (κ1) is 31.3. The first-order valence-corrected chi connectivity index (χ1v) is 13.6. The highest BCUT2D eigenvalue weighted by Crippen LogP contribution is 2.43. The number of hydrogen-bond donors (Lipinski definition) is 1. The van der Waals surface area contributed by atoms with E-state index < -0.39 is 46.2 Å². The number of nitriles is 1. The van der Waals surface area contributed by atoms with Crippen LogP contribution in [0, 0.1) is 23.0 Å². The van der Waals surface area contributed by atoms with Crippen molar-refractivity contribution in [3.05, 3.63) is 117 Å². The molecule has 5 rings (SSSR count). The van der Waals surface area contributed by atoms with Crippen molar-refractivity contribution >= 4 is 34.7 Å². The van der Waals surface area contributed by atoms with Crippen molar-refractivity contribution in [3.8, 4) is 17.6 Å². The minimum Gasteiger partial charge on any atom is -0.497 e. The van der Waals surface area contributed by atoms with Crippen LogP contribution in [0.3, 0.4) is 0 Å². The molecule has 0 bridgehead atoms. The fraction of sp³-hybridized carbons (Fsp3) is 0.156. The molecule has 0 saturated heterocycles. The molecule has 0 aliphatic carbocycles. The minimum absolute atomic E-state index is 0.0822. The molecule has 0 unspecified atom stereocenters. The molecule has 1 amide bonds. The predicted octanol–water partition coefficient (Wildman–Crippen LogP) is 7.40. The number of ether oxygens (including phenoxy) is 2. The van der Waals surface area contributed by atoms with Gasteiger partial charge in [-0.3, -0.25) is 9.59 Å². The average Bonchev–Trinajstić information content (AvgIpc) is 3.01. The summed E-state index contributed by atoms with van der Waals surface area (Å²) in [7, 11) is 1.52. The van der Waals surface area contributed by atoms with Gasteiger partial charge in [0.15, 0.2) is 5.78 Å². The fourth-order valence-electron chi connectivity index (χ4n) is 4.89. The molecule has 1 heterocycles. The summed E-state index contributed by atoms with van der Waals surface area (Å²) in [5, 5.41) is 12.6. The topological polar surface area (TPSA) is 91.7 Å². The molecule has 1 aliphatic heterocycles. The van der Waals surface area contributed by atoms with Crippen molar-refractivity contribution in [3.63, 3.8) is 0 Å². The second-order valence-corrected chi connectivity index (χ2v) is 10.3. The molecule has 0 aromatic heterocycles. The highest BCUT2D eigenvalue weighted by Gasteiger charge is 2.34. The Labute approximate surface area is 258 Å². The van der Waals surface area contributed by atoms with Gasteiger partial charge in [-0.2, -0.15) is 18.4 Å². The van der Waals surface area contributed by atoms with Gasteiger partial charge in [0.05, 0.1) is 46.7 Å². The van der Waals surface area contributed by atoms with Gasteiger partial charge in [0.1, 0.15) is 35.8 Å². The lowest BCUT2D eigenvalue weighted by Crippen LogP contribution is -2.33. The van der Waals surface area contributed by atoms with E-state index in [0.29, 0.717) is 17.9 Å². The Morgan fingerprint density at radius 3 is 2.44 bits per heavy atom. The molecule has 7 nitrogen and oxygen atoms in total. The Kier molecular flexibility index (Phi) is 8.66. The number of fused-ring (bicyclic) bond motifs is 1. The molecule has 230 valence electrons. The van der Waals surface area contributed by atoms with E-state index in [1.54, 1.807) is 29.2 Å². The second-order valence-electron chi connectivity index (χ2n) is 9.88. The van der Waals surface area contributed by atoms with Crippen LogP contribution < -0.4 is 19.7 Å². The van der Waals surface area contributed by atoms with Crippen LogP contribution >= 0.6 is 11.6 Å². The van der Waals surface area contributed by atoms with Crippen LogP contribution in [0.5, 0.6) is 11.5 Å².